The monoisotopic (exact) mass is 291 g/mol. The van der Waals surface area contributed by atoms with E-state index in [1.165, 1.54) is 0 Å². The first-order valence-electron chi connectivity index (χ1n) is 4.71. The van der Waals surface area contributed by atoms with Crippen molar-refractivity contribution in [1.82, 2.24) is 4.90 Å². The molecule has 1 heterocycles. The lowest BCUT2D eigenvalue weighted by Crippen LogP contribution is -2.25. The second kappa shape index (κ2) is 6.25. The fraction of sp³-hybridized carbons (Fsp3) is 0.500. The van der Waals surface area contributed by atoms with Gasteiger partial charge in [-0.1, -0.05) is 0 Å². The first-order chi connectivity index (χ1) is 7.13. The maximum absolute atomic E-state index is 11.5. The van der Waals surface area contributed by atoms with E-state index in [0.717, 1.165) is 9.35 Å². The molecule has 1 aromatic heterocycles. The van der Waals surface area contributed by atoms with Crippen LogP contribution in [0, 0.1) is 0 Å². The number of carbonyl (C=O) groups is 1. The molecule has 15 heavy (non-hydrogen) atoms. The molecule has 0 unspecified atom stereocenters. The van der Waals surface area contributed by atoms with Crippen molar-refractivity contribution in [2.45, 2.75) is 19.4 Å². The lowest BCUT2D eigenvalue weighted by molar-refractivity contribution is -0.130. The van der Waals surface area contributed by atoms with Crippen LogP contribution in [0.2, 0.25) is 0 Å². The number of hydrogen-bond donors (Lipinski definition) is 1. The van der Waals surface area contributed by atoms with Crippen molar-refractivity contribution in [3.05, 3.63) is 20.8 Å². The van der Waals surface area contributed by atoms with Gasteiger partial charge in [0.1, 0.15) is 0 Å². The summed E-state index contributed by atoms with van der Waals surface area (Å²) in [6.07, 6.45) is 0.953. The summed E-state index contributed by atoms with van der Waals surface area (Å²) in [5, 5.41) is 10.6. The van der Waals surface area contributed by atoms with Crippen molar-refractivity contribution in [3.63, 3.8) is 0 Å². The SMILES string of the molecule is CN(Cc1csc(Br)c1)C(=O)CCCO. The van der Waals surface area contributed by atoms with Crippen LogP contribution in [0.1, 0.15) is 18.4 Å². The summed E-state index contributed by atoms with van der Waals surface area (Å²) in [7, 11) is 1.78. The van der Waals surface area contributed by atoms with Crippen LogP contribution in [-0.2, 0) is 11.3 Å². The number of thiophene rings is 1. The van der Waals surface area contributed by atoms with Gasteiger partial charge in [-0.25, -0.2) is 0 Å². The minimum absolute atomic E-state index is 0.0730. The Hall–Kier alpha value is -0.390. The molecule has 0 bridgehead atoms. The van der Waals surface area contributed by atoms with E-state index in [2.05, 4.69) is 15.9 Å². The highest BCUT2D eigenvalue weighted by molar-refractivity contribution is 9.11. The summed E-state index contributed by atoms with van der Waals surface area (Å²) in [5.41, 5.74) is 1.13. The Balaban J connectivity index is 2.41. The molecule has 0 aliphatic carbocycles. The van der Waals surface area contributed by atoms with Gasteiger partial charge in [0.2, 0.25) is 5.91 Å². The molecule has 84 valence electrons. The minimum Gasteiger partial charge on any atom is -0.396 e. The zero-order valence-corrected chi connectivity index (χ0v) is 11.0. The van der Waals surface area contributed by atoms with E-state index in [0.29, 0.717) is 19.4 Å². The van der Waals surface area contributed by atoms with Gasteiger partial charge < -0.3 is 10.0 Å². The maximum atomic E-state index is 11.5. The van der Waals surface area contributed by atoms with E-state index in [1.54, 1.807) is 23.3 Å². The average molecular weight is 292 g/mol. The zero-order valence-electron chi connectivity index (χ0n) is 8.57. The molecule has 0 radical (unpaired) electrons. The molecule has 5 heteroatoms. The molecule has 0 spiro atoms. The van der Waals surface area contributed by atoms with Crippen LogP contribution < -0.4 is 0 Å². The third kappa shape index (κ3) is 4.32. The number of amides is 1. The summed E-state index contributed by atoms with van der Waals surface area (Å²) in [4.78, 5) is 13.2. The van der Waals surface area contributed by atoms with Crippen molar-refractivity contribution in [2.24, 2.45) is 0 Å². The molecule has 3 nitrogen and oxygen atoms in total. The maximum Gasteiger partial charge on any atom is 0.222 e. The standard InChI is InChI=1S/C10H14BrNO2S/c1-12(10(14)3-2-4-13)6-8-5-9(11)15-7-8/h5,7,13H,2-4,6H2,1H3. The quantitative estimate of drug-likeness (QED) is 0.904. The van der Waals surface area contributed by atoms with E-state index >= 15 is 0 Å². The Labute approximate surface area is 102 Å². The summed E-state index contributed by atoms with van der Waals surface area (Å²) in [6.45, 7) is 0.704. The Kier molecular flexibility index (Phi) is 5.28. The number of aliphatic hydroxyl groups excluding tert-OH is 1. The molecule has 0 aliphatic rings. The van der Waals surface area contributed by atoms with Crippen molar-refractivity contribution in [1.29, 1.82) is 0 Å². The molecular weight excluding hydrogens is 278 g/mol. The summed E-state index contributed by atoms with van der Waals surface area (Å²) < 4.78 is 1.08. The topological polar surface area (TPSA) is 40.5 Å². The lowest BCUT2D eigenvalue weighted by Gasteiger charge is -2.15. The molecule has 0 atom stereocenters. The zero-order chi connectivity index (χ0) is 11.3. The highest BCUT2D eigenvalue weighted by atomic mass is 79.9. The molecule has 0 saturated heterocycles. The largest absolute Gasteiger partial charge is 0.396 e. The third-order valence-electron chi connectivity index (χ3n) is 2.02. The van der Waals surface area contributed by atoms with Gasteiger partial charge in [-0.15, -0.1) is 11.3 Å². The van der Waals surface area contributed by atoms with Crippen LogP contribution in [0.3, 0.4) is 0 Å². The van der Waals surface area contributed by atoms with E-state index in [4.69, 9.17) is 5.11 Å². The smallest absolute Gasteiger partial charge is 0.222 e. The van der Waals surface area contributed by atoms with Crippen LogP contribution in [0.5, 0.6) is 0 Å². The lowest BCUT2D eigenvalue weighted by atomic mass is 10.2. The number of aliphatic hydroxyl groups is 1. The average Bonchev–Trinajstić information content (AvgIpc) is 2.60. The summed E-state index contributed by atoms with van der Waals surface area (Å²) >= 11 is 5.00. The van der Waals surface area contributed by atoms with Crippen molar-refractivity contribution in [3.8, 4) is 0 Å². The molecule has 0 saturated carbocycles. The predicted octanol–water partition coefficient (Wildman–Crippen LogP) is 2.24. The second-order valence-corrected chi connectivity index (χ2v) is 5.63. The predicted molar refractivity (Wildman–Crippen MR) is 64.8 cm³/mol. The molecule has 0 fully saturated rings. The highest BCUT2D eigenvalue weighted by Gasteiger charge is 2.09. The molecule has 1 aromatic rings. The van der Waals surface area contributed by atoms with Crippen molar-refractivity contribution >= 4 is 33.2 Å². The van der Waals surface area contributed by atoms with Crippen LogP contribution in [0.4, 0.5) is 0 Å². The Morgan fingerprint density at radius 2 is 2.40 bits per heavy atom. The third-order valence-corrected chi connectivity index (χ3v) is 3.57. The molecule has 0 aliphatic heterocycles. The van der Waals surface area contributed by atoms with E-state index in [9.17, 15) is 4.79 Å². The van der Waals surface area contributed by atoms with Crippen molar-refractivity contribution < 1.29 is 9.90 Å². The first kappa shape index (κ1) is 12.7. The highest BCUT2D eigenvalue weighted by Crippen LogP contribution is 2.21. The van der Waals surface area contributed by atoms with Crippen LogP contribution in [0.25, 0.3) is 0 Å². The van der Waals surface area contributed by atoms with Gasteiger partial charge in [0.25, 0.3) is 0 Å². The van der Waals surface area contributed by atoms with E-state index in [1.807, 2.05) is 11.4 Å². The van der Waals surface area contributed by atoms with Crippen LogP contribution in [0.15, 0.2) is 15.2 Å². The van der Waals surface area contributed by atoms with Gasteiger partial charge in [0, 0.05) is 26.6 Å². The normalized spacial score (nSPS) is 10.3. The number of nitrogens with zero attached hydrogens (tertiary/aromatic N) is 1. The van der Waals surface area contributed by atoms with Gasteiger partial charge in [0.05, 0.1) is 3.79 Å². The van der Waals surface area contributed by atoms with E-state index < -0.39 is 0 Å². The Morgan fingerprint density at radius 3 is 2.93 bits per heavy atom. The van der Waals surface area contributed by atoms with Gasteiger partial charge in [-0.05, 0) is 39.4 Å². The second-order valence-electron chi connectivity index (χ2n) is 3.34. The minimum atomic E-state index is 0.0730. The number of hydrogen-bond acceptors (Lipinski definition) is 3. The van der Waals surface area contributed by atoms with Gasteiger partial charge >= 0.3 is 0 Å². The summed E-state index contributed by atoms with van der Waals surface area (Å²) in [5.74, 6) is 0.0753. The number of carbonyl (C=O) groups excluding carboxylic acids is 1. The first-order valence-corrected chi connectivity index (χ1v) is 6.38. The van der Waals surface area contributed by atoms with E-state index in [-0.39, 0.29) is 12.5 Å². The summed E-state index contributed by atoms with van der Waals surface area (Å²) in [6, 6.07) is 2.01. The van der Waals surface area contributed by atoms with Gasteiger partial charge in [-0.3, -0.25) is 4.79 Å². The van der Waals surface area contributed by atoms with Crippen LogP contribution >= 0.6 is 27.3 Å². The number of halogens is 1. The molecule has 1 N–H and O–H groups in total. The molecule has 0 aromatic carbocycles. The fourth-order valence-corrected chi connectivity index (χ4v) is 2.41. The molecule has 1 amide bonds. The number of rotatable bonds is 5. The Bertz CT molecular complexity index is 327. The fourth-order valence-electron chi connectivity index (χ4n) is 1.21. The van der Waals surface area contributed by atoms with Crippen LogP contribution in [-0.4, -0.2) is 29.6 Å². The Morgan fingerprint density at radius 1 is 1.67 bits per heavy atom. The van der Waals surface area contributed by atoms with Crippen molar-refractivity contribution in [2.75, 3.05) is 13.7 Å². The molecular formula is C10H14BrNO2S. The van der Waals surface area contributed by atoms with Gasteiger partial charge in [0.15, 0.2) is 0 Å². The van der Waals surface area contributed by atoms with Gasteiger partial charge in [-0.2, -0.15) is 0 Å². The molecule has 1 rings (SSSR count).